The lowest BCUT2D eigenvalue weighted by molar-refractivity contribution is -0.191. The zero-order chi connectivity index (χ0) is 15.9. The summed E-state index contributed by atoms with van der Waals surface area (Å²) in [5.74, 6) is -1.37. The number of carbonyl (C=O) groups excluding carboxylic acids is 2. The smallest absolute Gasteiger partial charge is 0.311 e. The zero-order valence-electron chi connectivity index (χ0n) is 12.9. The van der Waals surface area contributed by atoms with E-state index in [4.69, 9.17) is 18.9 Å². The average Bonchev–Trinajstić information content (AvgIpc) is 2.49. The highest BCUT2D eigenvalue weighted by atomic mass is 16.7. The number of ether oxygens (including phenoxy) is 4. The number of allylic oxidation sites excluding steroid dienone is 1. The molecule has 6 heteroatoms. The van der Waals surface area contributed by atoms with E-state index >= 15 is 0 Å². The van der Waals surface area contributed by atoms with Gasteiger partial charge in [-0.1, -0.05) is 13.8 Å². The molecule has 1 atom stereocenters. The van der Waals surface area contributed by atoms with Gasteiger partial charge < -0.3 is 18.9 Å². The molecule has 0 aromatic rings. The topological polar surface area (TPSA) is 71.1 Å². The predicted octanol–water partition coefficient (Wildman–Crippen LogP) is 2.44. The minimum absolute atomic E-state index is 0.159. The molecule has 0 amide bonds. The fourth-order valence-electron chi connectivity index (χ4n) is 1.79. The maximum atomic E-state index is 11.5. The molecule has 0 saturated heterocycles. The second kappa shape index (κ2) is 7.95. The Morgan fingerprint density at radius 1 is 1.14 bits per heavy atom. The molecule has 1 rings (SSSR count). The first-order chi connectivity index (χ1) is 10.00. The Balaban J connectivity index is 3.02. The van der Waals surface area contributed by atoms with Crippen LogP contribution in [0.3, 0.4) is 0 Å². The predicted molar refractivity (Wildman–Crippen MR) is 74.9 cm³/mol. The fraction of sp³-hybridized carbons (Fsp3) is 0.600. The van der Waals surface area contributed by atoms with Gasteiger partial charge in [0.25, 0.3) is 0 Å². The number of methoxy groups -OCH3 is 1. The van der Waals surface area contributed by atoms with Crippen LogP contribution in [-0.2, 0) is 28.5 Å². The second-order valence-corrected chi connectivity index (χ2v) is 4.40. The number of hydrogen-bond donors (Lipinski definition) is 0. The van der Waals surface area contributed by atoms with Crippen LogP contribution in [-0.4, -0.2) is 31.4 Å². The molecule has 1 unspecified atom stereocenters. The average molecular weight is 298 g/mol. The Morgan fingerprint density at radius 3 is 2.29 bits per heavy atom. The Hall–Kier alpha value is -1.66. The molecule has 0 saturated carbocycles. The highest BCUT2D eigenvalue weighted by molar-refractivity contribution is 5.72. The minimum atomic E-state index is -1.01. The molecule has 0 spiro atoms. The van der Waals surface area contributed by atoms with Crippen molar-refractivity contribution in [3.8, 4) is 0 Å². The molecule has 6 nitrogen and oxygen atoms in total. The Bertz CT molecular complexity index is 451. The van der Waals surface area contributed by atoms with Crippen molar-refractivity contribution in [2.24, 2.45) is 0 Å². The van der Waals surface area contributed by atoms with Crippen molar-refractivity contribution < 1.29 is 28.5 Å². The first-order valence-corrected chi connectivity index (χ1v) is 7.03. The molecule has 1 aliphatic rings. The van der Waals surface area contributed by atoms with E-state index in [1.807, 2.05) is 6.92 Å². The molecule has 0 bridgehead atoms. The van der Waals surface area contributed by atoms with Crippen molar-refractivity contribution >= 4 is 11.9 Å². The normalized spacial score (nSPS) is 21.3. The third-order valence-electron chi connectivity index (χ3n) is 2.94. The lowest BCUT2D eigenvalue weighted by Crippen LogP contribution is -2.36. The van der Waals surface area contributed by atoms with Gasteiger partial charge in [0.05, 0.1) is 6.42 Å². The van der Waals surface area contributed by atoms with Gasteiger partial charge in [-0.05, 0) is 19.1 Å². The van der Waals surface area contributed by atoms with Crippen molar-refractivity contribution in [1.82, 2.24) is 0 Å². The monoisotopic (exact) mass is 298 g/mol. The van der Waals surface area contributed by atoms with E-state index in [9.17, 15) is 9.59 Å². The van der Waals surface area contributed by atoms with Crippen LogP contribution in [0.25, 0.3) is 0 Å². The van der Waals surface area contributed by atoms with Crippen LogP contribution in [0, 0.1) is 0 Å². The Labute approximate surface area is 124 Å². The maximum Gasteiger partial charge on any atom is 0.311 e. The maximum absolute atomic E-state index is 11.5. The summed E-state index contributed by atoms with van der Waals surface area (Å²) in [6.45, 7) is 5.64. The van der Waals surface area contributed by atoms with E-state index in [0.29, 0.717) is 6.61 Å². The SMILES string of the molecule is CCOC1(OC)C=CC(OC(=O)CC)=C(OC(=O)CC)C1. The molecule has 1 aliphatic carbocycles. The van der Waals surface area contributed by atoms with E-state index in [1.54, 1.807) is 19.9 Å². The van der Waals surface area contributed by atoms with E-state index in [1.165, 1.54) is 13.2 Å². The molecule has 118 valence electrons. The largest absolute Gasteiger partial charge is 0.427 e. The van der Waals surface area contributed by atoms with Gasteiger partial charge in [-0.3, -0.25) is 9.59 Å². The molecule has 0 aliphatic heterocycles. The van der Waals surface area contributed by atoms with E-state index in [2.05, 4.69) is 0 Å². The van der Waals surface area contributed by atoms with Crippen LogP contribution in [0.15, 0.2) is 23.7 Å². The summed E-state index contributed by atoms with van der Waals surface area (Å²) in [4.78, 5) is 23.0. The van der Waals surface area contributed by atoms with E-state index in [-0.39, 0.29) is 30.8 Å². The quantitative estimate of drug-likeness (QED) is 0.531. The van der Waals surface area contributed by atoms with Gasteiger partial charge in [0.15, 0.2) is 17.3 Å². The number of esters is 2. The third kappa shape index (κ3) is 4.68. The van der Waals surface area contributed by atoms with Crippen molar-refractivity contribution in [1.29, 1.82) is 0 Å². The summed E-state index contributed by atoms with van der Waals surface area (Å²) in [7, 11) is 1.50. The zero-order valence-corrected chi connectivity index (χ0v) is 12.9. The molecular formula is C15H22O6. The third-order valence-corrected chi connectivity index (χ3v) is 2.94. The summed E-state index contributed by atoms with van der Waals surface area (Å²) in [5, 5.41) is 0. The van der Waals surface area contributed by atoms with Crippen LogP contribution in [0.4, 0.5) is 0 Å². The van der Waals surface area contributed by atoms with Gasteiger partial charge in [-0.25, -0.2) is 0 Å². The summed E-state index contributed by atoms with van der Waals surface area (Å²) in [6.07, 6.45) is 3.79. The van der Waals surface area contributed by atoms with Crippen molar-refractivity contribution in [3.63, 3.8) is 0 Å². The van der Waals surface area contributed by atoms with Gasteiger partial charge in [-0.2, -0.15) is 0 Å². The molecular weight excluding hydrogens is 276 g/mol. The van der Waals surface area contributed by atoms with E-state index < -0.39 is 17.7 Å². The van der Waals surface area contributed by atoms with Crippen molar-refractivity contribution in [2.45, 2.75) is 45.8 Å². The van der Waals surface area contributed by atoms with Crippen molar-refractivity contribution in [3.05, 3.63) is 23.7 Å². The van der Waals surface area contributed by atoms with Gasteiger partial charge in [0.1, 0.15) is 0 Å². The first kappa shape index (κ1) is 17.4. The van der Waals surface area contributed by atoms with E-state index in [0.717, 1.165) is 0 Å². The lowest BCUT2D eigenvalue weighted by Gasteiger charge is -2.32. The molecule has 0 aromatic carbocycles. The molecule has 0 heterocycles. The van der Waals surface area contributed by atoms with Crippen LogP contribution in [0.5, 0.6) is 0 Å². The highest BCUT2D eigenvalue weighted by Crippen LogP contribution is 2.32. The van der Waals surface area contributed by atoms with Gasteiger partial charge in [0, 0.05) is 26.6 Å². The molecule has 21 heavy (non-hydrogen) atoms. The van der Waals surface area contributed by atoms with Crippen LogP contribution >= 0.6 is 0 Å². The summed E-state index contributed by atoms with van der Waals surface area (Å²) in [5.41, 5.74) is 0. The summed E-state index contributed by atoms with van der Waals surface area (Å²) >= 11 is 0. The van der Waals surface area contributed by atoms with Crippen LogP contribution in [0.2, 0.25) is 0 Å². The molecule has 0 radical (unpaired) electrons. The Morgan fingerprint density at radius 2 is 1.76 bits per heavy atom. The minimum Gasteiger partial charge on any atom is -0.427 e. The first-order valence-electron chi connectivity index (χ1n) is 7.03. The van der Waals surface area contributed by atoms with Crippen LogP contribution < -0.4 is 0 Å². The van der Waals surface area contributed by atoms with Crippen LogP contribution in [0.1, 0.15) is 40.0 Å². The standard InChI is InChI=1S/C15H22O6/c1-5-13(16)20-11-8-9-15(18-4,19-7-3)10-12(11)21-14(17)6-2/h8-9H,5-7,10H2,1-4H3. The van der Waals surface area contributed by atoms with Gasteiger partial charge >= 0.3 is 11.9 Å². The molecule has 0 fully saturated rings. The summed E-state index contributed by atoms with van der Waals surface area (Å²) in [6, 6.07) is 0. The number of hydrogen-bond acceptors (Lipinski definition) is 6. The number of carbonyl (C=O) groups is 2. The highest BCUT2D eigenvalue weighted by Gasteiger charge is 2.35. The fourth-order valence-corrected chi connectivity index (χ4v) is 1.79. The van der Waals surface area contributed by atoms with Crippen molar-refractivity contribution in [2.75, 3.05) is 13.7 Å². The lowest BCUT2D eigenvalue weighted by atomic mass is 10.0. The number of rotatable bonds is 7. The van der Waals surface area contributed by atoms with Gasteiger partial charge in [-0.15, -0.1) is 0 Å². The van der Waals surface area contributed by atoms with Gasteiger partial charge in [0.2, 0.25) is 0 Å². The summed E-state index contributed by atoms with van der Waals surface area (Å²) < 4.78 is 21.4. The second-order valence-electron chi connectivity index (χ2n) is 4.40. The molecule has 0 aromatic heterocycles. The Kier molecular flexibility index (Phi) is 6.58. The molecule has 0 N–H and O–H groups in total.